The Hall–Kier alpha value is -0.840. The first-order chi connectivity index (χ1) is 14.1. The van der Waals surface area contributed by atoms with Crippen LogP contribution >= 0.6 is 0 Å². The van der Waals surface area contributed by atoms with Gasteiger partial charge < -0.3 is 0 Å². The number of hydrogen-bond acceptors (Lipinski definition) is 2. The van der Waals surface area contributed by atoms with E-state index in [1.807, 2.05) is 0 Å². The monoisotopic (exact) mass is 399 g/mol. The van der Waals surface area contributed by atoms with E-state index in [0.717, 1.165) is 56.3 Å². The van der Waals surface area contributed by atoms with Crippen molar-refractivity contribution < 1.29 is 4.79 Å². The molecular weight excluding hydrogens is 354 g/mol. The molecule has 0 saturated heterocycles. The van der Waals surface area contributed by atoms with Gasteiger partial charge in [-0.2, -0.15) is 5.26 Å². The first kappa shape index (κ1) is 22.8. The van der Waals surface area contributed by atoms with Crippen LogP contribution in [-0.2, 0) is 4.79 Å². The summed E-state index contributed by atoms with van der Waals surface area (Å²) in [6.45, 7) is 4.48. The number of unbranched alkanes of at least 4 members (excludes halogenated alkanes) is 2. The Kier molecular flexibility index (Phi) is 8.64. The van der Waals surface area contributed by atoms with Crippen molar-refractivity contribution in [2.24, 2.45) is 35.0 Å². The van der Waals surface area contributed by atoms with E-state index in [9.17, 15) is 10.1 Å². The van der Waals surface area contributed by atoms with Gasteiger partial charge in [-0.15, -0.1) is 0 Å². The summed E-state index contributed by atoms with van der Waals surface area (Å²) < 4.78 is 0. The Labute approximate surface area is 180 Å². The molecule has 0 aromatic carbocycles. The fourth-order valence-electron chi connectivity index (χ4n) is 7.07. The molecule has 0 amide bonds. The second kappa shape index (κ2) is 11.0. The normalized spacial score (nSPS) is 38.5. The molecule has 0 heterocycles. The van der Waals surface area contributed by atoms with Crippen LogP contribution in [0.3, 0.4) is 0 Å². The summed E-state index contributed by atoms with van der Waals surface area (Å²) in [6.07, 6.45) is 21.0. The van der Waals surface area contributed by atoms with Gasteiger partial charge in [-0.3, -0.25) is 4.79 Å². The zero-order chi connectivity index (χ0) is 20.7. The van der Waals surface area contributed by atoms with Crippen LogP contribution < -0.4 is 0 Å². The molecule has 2 heteroatoms. The van der Waals surface area contributed by atoms with Crippen LogP contribution in [0.5, 0.6) is 0 Å². The molecule has 0 radical (unpaired) electrons. The molecule has 0 bridgehead atoms. The molecule has 0 aromatic rings. The third-order valence-corrected chi connectivity index (χ3v) is 9.10. The molecule has 0 spiro atoms. The van der Waals surface area contributed by atoms with Gasteiger partial charge >= 0.3 is 0 Å². The molecular formula is C27H45NO. The number of carbonyl (C=O) groups is 1. The van der Waals surface area contributed by atoms with Gasteiger partial charge in [0.1, 0.15) is 5.78 Å². The van der Waals surface area contributed by atoms with Crippen LogP contribution in [0.15, 0.2) is 0 Å². The zero-order valence-electron chi connectivity index (χ0n) is 19.3. The van der Waals surface area contributed by atoms with Gasteiger partial charge in [0.05, 0.1) is 11.5 Å². The van der Waals surface area contributed by atoms with Gasteiger partial charge in [-0.1, -0.05) is 58.8 Å². The summed E-state index contributed by atoms with van der Waals surface area (Å²) >= 11 is 0. The Morgan fingerprint density at radius 1 is 0.862 bits per heavy atom. The van der Waals surface area contributed by atoms with E-state index in [0.29, 0.717) is 18.1 Å². The van der Waals surface area contributed by atoms with Gasteiger partial charge in [0, 0.05) is 12.3 Å². The molecule has 2 atom stereocenters. The van der Waals surface area contributed by atoms with Crippen LogP contribution in [0.1, 0.15) is 123 Å². The minimum atomic E-state index is -0.194. The number of carbonyl (C=O) groups excluding carboxylic acids is 1. The zero-order valence-corrected chi connectivity index (χ0v) is 19.3. The highest BCUT2D eigenvalue weighted by atomic mass is 16.1. The van der Waals surface area contributed by atoms with Gasteiger partial charge in [-0.25, -0.2) is 0 Å². The molecule has 3 rings (SSSR count). The summed E-state index contributed by atoms with van der Waals surface area (Å²) in [7, 11) is 0. The number of nitrogens with zero attached hydrogens (tertiary/aromatic N) is 1. The molecule has 2 nitrogen and oxygen atoms in total. The molecule has 3 aliphatic carbocycles. The quantitative estimate of drug-likeness (QED) is 0.390. The fraction of sp³-hybridized carbons (Fsp3) is 0.926. The second-order valence-corrected chi connectivity index (χ2v) is 10.8. The van der Waals surface area contributed by atoms with Crippen LogP contribution in [0.4, 0.5) is 0 Å². The highest BCUT2D eigenvalue weighted by Gasteiger charge is 2.46. The van der Waals surface area contributed by atoms with E-state index < -0.39 is 0 Å². The Morgan fingerprint density at radius 2 is 1.55 bits per heavy atom. The largest absolute Gasteiger partial charge is 0.299 e. The second-order valence-electron chi connectivity index (χ2n) is 10.8. The molecule has 3 fully saturated rings. The first-order valence-corrected chi connectivity index (χ1v) is 13.1. The van der Waals surface area contributed by atoms with Crippen molar-refractivity contribution in [3.63, 3.8) is 0 Å². The topological polar surface area (TPSA) is 40.9 Å². The third-order valence-electron chi connectivity index (χ3n) is 9.10. The number of rotatable bonds is 8. The van der Waals surface area contributed by atoms with Crippen LogP contribution in [0, 0.1) is 46.3 Å². The number of ketones is 1. The van der Waals surface area contributed by atoms with E-state index >= 15 is 0 Å². The average Bonchev–Trinajstić information content (AvgIpc) is 2.76. The molecule has 3 aliphatic rings. The van der Waals surface area contributed by atoms with E-state index in [1.54, 1.807) is 0 Å². The van der Waals surface area contributed by atoms with Crippen LogP contribution in [0.25, 0.3) is 0 Å². The first-order valence-electron chi connectivity index (χ1n) is 13.1. The smallest absolute Gasteiger partial charge is 0.136 e. The van der Waals surface area contributed by atoms with Crippen molar-refractivity contribution in [3.05, 3.63) is 0 Å². The minimum absolute atomic E-state index is 0.194. The minimum Gasteiger partial charge on any atom is -0.299 e. The van der Waals surface area contributed by atoms with Gasteiger partial charge in [0.15, 0.2) is 0 Å². The molecule has 2 unspecified atom stereocenters. The lowest BCUT2D eigenvalue weighted by Gasteiger charge is -2.45. The Balaban J connectivity index is 1.46. The van der Waals surface area contributed by atoms with Gasteiger partial charge in [0.25, 0.3) is 0 Å². The van der Waals surface area contributed by atoms with E-state index in [-0.39, 0.29) is 11.3 Å². The van der Waals surface area contributed by atoms with Gasteiger partial charge in [0.2, 0.25) is 0 Å². The number of nitriles is 1. The maximum Gasteiger partial charge on any atom is 0.136 e. The highest BCUT2D eigenvalue weighted by Crippen LogP contribution is 2.52. The predicted molar refractivity (Wildman–Crippen MR) is 120 cm³/mol. The maximum atomic E-state index is 12.6. The molecule has 0 aromatic heterocycles. The van der Waals surface area contributed by atoms with Crippen molar-refractivity contribution in [2.75, 3.05) is 0 Å². The molecule has 29 heavy (non-hydrogen) atoms. The summed E-state index contributed by atoms with van der Waals surface area (Å²) in [5, 5.41) is 10.1. The predicted octanol–water partition coefficient (Wildman–Crippen LogP) is 7.86. The fourth-order valence-corrected chi connectivity index (χ4v) is 7.07. The van der Waals surface area contributed by atoms with Crippen molar-refractivity contribution >= 4 is 5.78 Å². The average molecular weight is 400 g/mol. The molecule has 3 saturated carbocycles. The van der Waals surface area contributed by atoms with E-state index in [4.69, 9.17) is 0 Å². The van der Waals surface area contributed by atoms with Crippen molar-refractivity contribution in [2.45, 2.75) is 123 Å². The summed E-state index contributed by atoms with van der Waals surface area (Å²) in [5.74, 6) is 3.83. The van der Waals surface area contributed by atoms with E-state index in [1.165, 1.54) is 64.2 Å². The van der Waals surface area contributed by atoms with Crippen molar-refractivity contribution in [3.8, 4) is 6.07 Å². The molecule has 0 aliphatic heterocycles. The lowest BCUT2D eigenvalue weighted by molar-refractivity contribution is -0.128. The Bertz CT molecular complexity index is 545. The SMILES string of the molecule is CCCCCC1CCC(C2CCC(C#N)(C3CCC(CCC)C(=O)C3)CC2)CC1. The highest BCUT2D eigenvalue weighted by molar-refractivity contribution is 5.82. The summed E-state index contributed by atoms with van der Waals surface area (Å²) in [6, 6.07) is 2.76. The Morgan fingerprint density at radius 3 is 2.14 bits per heavy atom. The number of hydrogen-bond donors (Lipinski definition) is 0. The van der Waals surface area contributed by atoms with Crippen LogP contribution in [0.2, 0.25) is 0 Å². The maximum absolute atomic E-state index is 12.6. The lowest BCUT2D eigenvalue weighted by atomic mass is 9.57. The third kappa shape index (κ3) is 5.65. The lowest BCUT2D eigenvalue weighted by Crippen LogP contribution is -2.40. The standard InChI is InChI=1S/C27H45NO/c1-3-5-6-8-21-9-11-22(12-10-21)23-15-17-27(20-28,18-16-23)25-14-13-24(7-4-2)26(29)19-25/h21-25H,3-19H2,1-2H3. The summed E-state index contributed by atoms with van der Waals surface area (Å²) in [4.78, 5) is 12.6. The summed E-state index contributed by atoms with van der Waals surface area (Å²) in [5.41, 5.74) is -0.194. The van der Waals surface area contributed by atoms with Crippen molar-refractivity contribution in [1.82, 2.24) is 0 Å². The van der Waals surface area contributed by atoms with Crippen LogP contribution in [-0.4, -0.2) is 5.78 Å². The van der Waals surface area contributed by atoms with Crippen molar-refractivity contribution in [1.29, 1.82) is 5.26 Å². The number of Topliss-reactive ketones (excluding diaryl/α,β-unsaturated/α-hetero) is 1. The van der Waals surface area contributed by atoms with Gasteiger partial charge in [-0.05, 0) is 81.5 Å². The molecule has 0 N–H and O–H groups in total. The molecule has 164 valence electrons. The van der Waals surface area contributed by atoms with E-state index in [2.05, 4.69) is 19.9 Å².